The Hall–Kier alpha value is -3.60. The summed E-state index contributed by atoms with van der Waals surface area (Å²) in [4.78, 5) is 38.7. The smallest absolute Gasteiger partial charge is 0.372 e. The number of halogens is 3. The highest BCUT2D eigenvalue weighted by Gasteiger charge is 2.43. The molecule has 1 atom stereocenters. The number of nitrogens with zero attached hydrogens (tertiary/aromatic N) is 1. The van der Waals surface area contributed by atoms with Gasteiger partial charge in [-0.2, -0.15) is 13.2 Å². The van der Waals surface area contributed by atoms with Gasteiger partial charge >= 0.3 is 6.18 Å². The summed E-state index contributed by atoms with van der Waals surface area (Å²) in [5.74, 6) is -0.991. The molecule has 2 aromatic carbocycles. The maximum Gasteiger partial charge on any atom is 0.416 e. The first-order valence-electron chi connectivity index (χ1n) is 12.7. The summed E-state index contributed by atoms with van der Waals surface area (Å²) >= 11 is 0. The monoisotopic (exact) mass is 531 g/mol. The van der Waals surface area contributed by atoms with Gasteiger partial charge in [-0.1, -0.05) is 6.07 Å². The van der Waals surface area contributed by atoms with Crippen LogP contribution in [0.1, 0.15) is 42.1 Å². The Morgan fingerprint density at radius 2 is 1.79 bits per heavy atom. The molecule has 0 radical (unpaired) electrons. The molecule has 38 heavy (non-hydrogen) atoms. The number of rotatable bonds is 7. The Kier molecular flexibility index (Phi) is 8.25. The Morgan fingerprint density at radius 1 is 1.08 bits per heavy atom. The van der Waals surface area contributed by atoms with Gasteiger partial charge in [0.05, 0.1) is 17.6 Å². The van der Waals surface area contributed by atoms with E-state index < -0.39 is 23.2 Å². The molecular formula is C27H32F3N5O3. The highest BCUT2D eigenvalue weighted by molar-refractivity contribution is 5.96. The van der Waals surface area contributed by atoms with E-state index in [2.05, 4.69) is 26.2 Å². The minimum absolute atomic E-state index is 0.119. The van der Waals surface area contributed by atoms with E-state index in [1.807, 2.05) is 24.3 Å². The van der Waals surface area contributed by atoms with Gasteiger partial charge in [0.1, 0.15) is 0 Å². The molecule has 11 heteroatoms. The van der Waals surface area contributed by atoms with E-state index in [1.165, 1.54) is 19.1 Å². The molecule has 0 bridgehead atoms. The third-order valence-electron chi connectivity index (χ3n) is 7.27. The van der Waals surface area contributed by atoms with Crippen LogP contribution in [0.15, 0.2) is 48.5 Å². The van der Waals surface area contributed by atoms with E-state index in [-0.39, 0.29) is 29.8 Å². The fourth-order valence-corrected chi connectivity index (χ4v) is 5.34. The number of carbonyl (C=O) groups is 3. The molecule has 8 nitrogen and oxygen atoms in total. The minimum atomic E-state index is -4.55. The summed E-state index contributed by atoms with van der Waals surface area (Å²) in [5.41, 5.74) is 0.301. The van der Waals surface area contributed by atoms with Crippen molar-refractivity contribution in [1.82, 2.24) is 16.0 Å². The maximum atomic E-state index is 13.0. The van der Waals surface area contributed by atoms with Crippen LogP contribution in [0.5, 0.6) is 0 Å². The standard InChI is InChI=1S/C27H32F3N5O3/c1-18(36)33-22-5-7-23(8-6-22)35-13-9-20(10-14-35)26(11-12-31-17-26)34-24(37)16-32-25(38)19-3-2-4-21(15-19)27(28,29)30/h2-8,15,20,31H,9-14,16-17H2,1H3,(H,32,38)(H,33,36)(H,34,37)/t26-/m0/s1. The predicted octanol–water partition coefficient (Wildman–Crippen LogP) is 3.16. The Balaban J connectivity index is 1.32. The second kappa shape index (κ2) is 11.4. The van der Waals surface area contributed by atoms with Gasteiger partial charge in [-0.3, -0.25) is 14.4 Å². The molecular weight excluding hydrogens is 499 g/mol. The Morgan fingerprint density at radius 3 is 2.39 bits per heavy atom. The summed E-state index contributed by atoms with van der Waals surface area (Å²) in [6.45, 7) is 4.16. The van der Waals surface area contributed by atoms with Gasteiger partial charge in [-0.15, -0.1) is 0 Å². The van der Waals surface area contributed by atoms with Crippen molar-refractivity contribution < 1.29 is 27.6 Å². The van der Waals surface area contributed by atoms with Crippen LogP contribution in [0.25, 0.3) is 0 Å². The molecule has 4 rings (SSSR count). The van der Waals surface area contributed by atoms with Crippen molar-refractivity contribution in [1.29, 1.82) is 0 Å². The molecule has 2 saturated heterocycles. The van der Waals surface area contributed by atoms with Crippen molar-refractivity contribution >= 4 is 29.1 Å². The lowest BCUT2D eigenvalue weighted by Crippen LogP contribution is -2.59. The van der Waals surface area contributed by atoms with Crippen molar-refractivity contribution in [3.63, 3.8) is 0 Å². The van der Waals surface area contributed by atoms with Gasteiger partial charge in [0.25, 0.3) is 5.91 Å². The largest absolute Gasteiger partial charge is 0.416 e. The Bertz CT molecular complexity index is 1160. The first-order chi connectivity index (χ1) is 18.1. The molecule has 0 aliphatic carbocycles. The second-order valence-electron chi connectivity index (χ2n) is 9.88. The number of benzene rings is 2. The van der Waals surface area contributed by atoms with E-state index in [0.29, 0.717) is 6.54 Å². The average Bonchev–Trinajstić information content (AvgIpc) is 3.36. The van der Waals surface area contributed by atoms with E-state index in [9.17, 15) is 27.6 Å². The number of hydrogen-bond acceptors (Lipinski definition) is 5. The van der Waals surface area contributed by atoms with Gasteiger partial charge in [0.2, 0.25) is 11.8 Å². The van der Waals surface area contributed by atoms with E-state index in [1.54, 1.807) is 0 Å². The topological polar surface area (TPSA) is 103 Å². The average molecular weight is 532 g/mol. The molecule has 3 amide bonds. The molecule has 0 aromatic heterocycles. The van der Waals surface area contributed by atoms with Crippen LogP contribution in [0.2, 0.25) is 0 Å². The zero-order chi connectivity index (χ0) is 27.3. The summed E-state index contributed by atoms with van der Waals surface area (Å²) in [6, 6.07) is 11.8. The number of carbonyl (C=O) groups excluding carboxylic acids is 3. The quantitative estimate of drug-likeness (QED) is 0.440. The van der Waals surface area contributed by atoms with Gasteiger partial charge in [-0.25, -0.2) is 0 Å². The highest BCUT2D eigenvalue weighted by atomic mass is 19.4. The van der Waals surface area contributed by atoms with Gasteiger partial charge < -0.3 is 26.2 Å². The molecule has 0 spiro atoms. The van der Waals surface area contributed by atoms with E-state index in [0.717, 1.165) is 62.4 Å². The zero-order valence-corrected chi connectivity index (χ0v) is 21.2. The Labute approximate surface area is 219 Å². The fraction of sp³-hybridized carbons (Fsp3) is 0.444. The number of piperidine rings is 1. The molecule has 2 aliphatic rings. The first-order valence-corrected chi connectivity index (χ1v) is 12.7. The van der Waals surface area contributed by atoms with Crippen molar-refractivity contribution in [3.05, 3.63) is 59.7 Å². The third kappa shape index (κ3) is 6.63. The molecule has 2 heterocycles. The molecule has 0 saturated carbocycles. The van der Waals surface area contributed by atoms with Gasteiger partial charge in [-0.05, 0) is 74.2 Å². The number of anilines is 2. The predicted molar refractivity (Wildman–Crippen MR) is 138 cm³/mol. The van der Waals surface area contributed by atoms with E-state index >= 15 is 0 Å². The molecule has 0 unspecified atom stereocenters. The molecule has 4 N–H and O–H groups in total. The molecule has 204 valence electrons. The van der Waals surface area contributed by atoms with Crippen molar-refractivity contribution in [3.8, 4) is 0 Å². The zero-order valence-electron chi connectivity index (χ0n) is 21.2. The SMILES string of the molecule is CC(=O)Nc1ccc(N2CCC([C@]3(NC(=O)CNC(=O)c4cccc(C(F)(F)F)c4)CCNC3)CC2)cc1. The van der Waals surface area contributed by atoms with Crippen LogP contribution in [0.3, 0.4) is 0 Å². The minimum Gasteiger partial charge on any atom is -0.372 e. The van der Waals surface area contributed by atoms with Crippen LogP contribution in [0, 0.1) is 5.92 Å². The number of hydrogen-bond donors (Lipinski definition) is 4. The molecule has 2 aliphatic heterocycles. The summed E-state index contributed by atoms with van der Waals surface area (Å²) < 4.78 is 38.9. The molecule has 2 fully saturated rings. The van der Waals surface area contributed by atoms with Crippen LogP contribution in [-0.2, 0) is 15.8 Å². The first kappa shape index (κ1) is 27.4. The normalized spacial score (nSPS) is 20.2. The summed E-state index contributed by atoms with van der Waals surface area (Å²) in [6.07, 6.45) is -2.06. The van der Waals surface area contributed by atoms with E-state index in [4.69, 9.17) is 0 Å². The number of amides is 3. The highest BCUT2D eigenvalue weighted by Crippen LogP contribution is 2.35. The number of nitrogens with one attached hydrogen (secondary N) is 4. The lowest BCUT2D eigenvalue weighted by atomic mass is 9.76. The number of alkyl halides is 3. The lowest BCUT2D eigenvalue weighted by molar-refractivity contribution is -0.137. The van der Waals surface area contributed by atoms with Gasteiger partial charge in [0, 0.05) is 43.5 Å². The van der Waals surface area contributed by atoms with Crippen molar-refractivity contribution in [2.45, 2.75) is 37.9 Å². The maximum absolute atomic E-state index is 13.0. The van der Waals surface area contributed by atoms with Crippen LogP contribution < -0.4 is 26.2 Å². The van der Waals surface area contributed by atoms with Crippen molar-refractivity contribution in [2.75, 3.05) is 42.9 Å². The third-order valence-corrected chi connectivity index (χ3v) is 7.27. The summed E-state index contributed by atoms with van der Waals surface area (Å²) in [5, 5.41) is 11.7. The second-order valence-corrected chi connectivity index (χ2v) is 9.88. The van der Waals surface area contributed by atoms with Crippen LogP contribution in [0.4, 0.5) is 24.5 Å². The fourth-order valence-electron chi connectivity index (χ4n) is 5.34. The van der Waals surface area contributed by atoms with Gasteiger partial charge in [0.15, 0.2) is 0 Å². The van der Waals surface area contributed by atoms with Crippen LogP contribution in [-0.4, -0.2) is 56.0 Å². The summed E-state index contributed by atoms with van der Waals surface area (Å²) in [7, 11) is 0. The lowest BCUT2D eigenvalue weighted by Gasteiger charge is -2.43. The van der Waals surface area contributed by atoms with Crippen LogP contribution >= 0.6 is 0 Å². The molecule has 2 aromatic rings. The van der Waals surface area contributed by atoms with Crippen molar-refractivity contribution in [2.24, 2.45) is 5.92 Å².